The normalized spacial score (nSPS) is 12.9. The highest BCUT2D eigenvalue weighted by atomic mass is 32.1. The Hall–Kier alpha value is -0.640. The zero-order valence-electron chi connectivity index (χ0n) is 5.58. The van der Waals surface area contributed by atoms with Crippen molar-refractivity contribution in [3.63, 3.8) is 0 Å². The van der Waals surface area contributed by atoms with E-state index >= 15 is 0 Å². The number of nitrogens with one attached hydrogen (secondary N) is 1. The van der Waals surface area contributed by atoms with Crippen molar-refractivity contribution in [1.29, 1.82) is 0 Å². The second kappa shape index (κ2) is 3.51. The Balaban J connectivity index is 2.73. The van der Waals surface area contributed by atoms with Crippen molar-refractivity contribution in [1.82, 2.24) is 5.43 Å². The van der Waals surface area contributed by atoms with Crippen molar-refractivity contribution in [3.8, 4) is 0 Å². The number of hydrogen-bond donors (Lipinski definition) is 2. The summed E-state index contributed by atoms with van der Waals surface area (Å²) >= 11 is 1.66. The third-order valence-electron chi connectivity index (χ3n) is 1.32. The Kier molecular flexibility index (Phi) is 2.62. The molecule has 0 amide bonds. The first-order chi connectivity index (χ1) is 4.88. The van der Waals surface area contributed by atoms with Gasteiger partial charge in [-0.05, 0) is 22.4 Å². The molecular formula is C7H10N2S. The van der Waals surface area contributed by atoms with Crippen molar-refractivity contribution in [2.75, 3.05) is 0 Å². The van der Waals surface area contributed by atoms with Crippen molar-refractivity contribution < 1.29 is 0 Å². The largest absolute Gasteiger partial charge is 0.271 e. The number of thiophene rings is 1. The summed E-state index contributed by atoms with van der Waals surface area (Å²) < 4.78 is 0. The second-order valence-electron chi connectivity index (χ2n) is 1.94. The molecule has 3 heteroatoms. The fourth-order valence-corrected chi connectivity index (χ4v) is 1.45. The van der Waals surface area contributed by atoms with Crippen LogP contribution in [0.15, 0.2) is 29.5 Å². The molecule has 1 aromatic rings. The van der Waals surface area contributed by atoms with Crippen LogP contribution in [-0.2, 0) is 0 Å². The van der Waals surface area contributed by atoms with E-state index in [0.717, 1.165) is 0 Å². The van der Waals surface area contributed by atoms with E-state index in [1.165, 1.54) is 5.56 Å². The number of nitrogens with two attached hydrogens (primary N) is 1. The van der Waals surface area contributed by atoms with Crippen molar-refractivity contribution in [3.05, 3.63) is 35.0 Å². The molecule has 0 aliphatic rings. The zero-order chi connectivity index (χ0) is 7.40. The molecule has 54 valence electrons. The van der Waals surface area contributed by atoms with Gasteiger partial charge in [-0.2, -0.15) is 11.3 Å². The molecule has 0 aliphatic heterocycles. The molecule has 10 heavy (non-hydrogen) atoms. The van der Waals surface area contributed by atoms with Gasteiger partial charge in [0.2, 0.25) is 0 Å². The van der Waals surface area contributed by atoms with Gasteiger partial charge in [-0.1, -0.05) is 6.08 Å². The number of hydrogen-bond acceptors (Lipinski definition) is 3. The molecule has 0 spiro atoms. The van der Waals surface area contributed by atoms with Gasteiger partial charge in [0.05, 0.1) is 6.04 Å². The van der Waals surface area contributed by atoms with Crippen LogP contribution in [0.25, 0.3) is 0 Å². The first kappa shape index (κ1) is 7.47. The van der Waals surface area contributed by atoms with Gasteiger partial charge in [0.25, 0.3) is 0 Å². The summed E-state index contributed by atoms with van der Waals surface area (Å²) in [6.45, 7) is 3.65. The van der Waals surface area contributed by atoms with Crippen LogP contribution in [0.1, 0.15) is 11.6 Å². The van der Waals surface area contributed by atoms with Gasteiger partial charge < -0.3 is 0 Å². The maximum Gasteiger partial charge on any atom is 0.0646 e. The summed E-state index contributed by atoms with van der Waals surface area (Å²) in [5.74, 6) is 5.26. The van der Waals surface area contributed by atoms with Crippen molar-refractivity contribution in [2.24, 2.45) is 5.84 Å². The minimum absolute atomic E-state index is 0.0891. The van der Waals surface area contributed by atoms with Crippen molar-refractivity contribution in [2.45, 2.75) is 6.04 Å². The van der Waals surface area contributed by atoms with Crippen LogP contribution in [0.3, 0.4) is 0 Å². The van der Waals surface area contributed by atoms with Crippen LogP contribution in [0.2, 0.25) is 0 Å². The molecule has 0 aromatic carbocycles. The molecule has 0 radical (unpaired) electrons. The van der Waals surface area contributed by atoms with Gasteiger partial charge in [-0.3, -0.25) is 5.84 Å². The highest BCUT2D eigenvalue weighted by molar-refractivity contribution is 7.07. The topological polar surface area (TPSA) is 38.0 Å². The number of hydrazine groups is 1. The van der Waals surface area contributed by atoms with E-state index in [1.807, 2.05) is 16.8 Å². The first-order valence-corrected chi connectivity index (χ1v) is 3.93. The molecule has 1 heterocycles. The Bertz CT molecular complexity index is 193. The van der Waals surface area contributed by atoms with Gasteiger partial charge in [-0.25, -0.2) is 5.43 Å². The van der Waals surface area contributed by atoms with Crippen LogP contribution in [0, 0.1) is 0 Å². The minimum Gasteiger partial charge on any atom is -0.271 e. The third kappa shape index (κ3) is 1.44. The van der Waals surface area contributed by atoms with Crippen LogP contribution in [0.4, 0.5) is 0 Å². The Morgan fingerprint density at radius 1 is 1.80 bits per heavy atom. The Morgan fingerprint density at radius 3 is 3.00 bits per heavy atom. The van der Waals surface area contributed by atoms with Gasteiger partial charge in [-0.15, -0.1) is 6.58 Å². The van der Waals surface area contributed by atoms with E-state index in [4.69, 9.17) is 5.84 Å². The Labute approximate surface area is 64.3 Å². The monoisotopic (exact) mass is 154 g/mol. The third-order valence-corrected chi connectivity index (χ3v) is 2.02. The smallest absolute Gasteiger partial charge is 0.0646 e. The molecule has 3 N–H and O–H groups in total. The summed E-state index contributed by atoms with van der Waals surface area (Å²) in [6.07, 6.45) is 1.78. The number of rotatable bonds is 3. The minimum atomic E-state index is 0.0891. The standard InChI is InChI=1S/C7H10N2S/c1-2-7(9-8)6-3-4-10-5-6/h2-5,7,9H,1,8H2. The summed E-state index contributed by atoms with van der Waals surface area (Å²) in [7, 11) is 0. The predicted molar refractivity (Wildman–Crippen MR) is 44.6 cm³/mol. The molecule has 0 aliphatic carbocycles. The molecular weight excluding hydrogens is 144 g/mol. The first-order valence-electron chi connectivity index (χ1n) is 2.99. The van der Waals surface area contributed by atoms with E-state index in [-0.39, 0.29) is 6.04 Å². The van der Waals surface area contributed by atoms with Gasteiger partial charge in [0.1, 0.15) is 0 Å². The molecule has 1 rings (SSSR count). The lowest BCUT2D eigenvalue weighted by atomic mass is 10.2. The Morgan fingerprint density at radius 2 is 2.60 bits per heavy atom. The lowest BCUT2D eigenvalue weighted by molar-refractivity contribution is 0.659. The SMILES string of the molecule is C=CC(NN)c1ccsc1. The average molecular weight is 154 g/mol. The molecule has 0 fully saturated rings. The van der Waals surface area contributed by atoms with Gasteiger partial charge in [0.15, 0.2) is 0 Å². The molecule has 1 unspecified atom stereocenters. The van der Waals surface area contributed by atoms with Gasteiger partial charge in [0, 0.05) is 0 Å². The van der Waals surface area contributed by atoms with Crippen LogP contribution >= 0.6 is 11.3 Å². The molecule has 2 nitrogen and oxygen atoms in total. The molecule has 1 atom stereocenters. The summed E-state index contributed by atoms with van der Waals surface area (Å²) in [4.78, 5) is 0. The molecule has 0 saturated carbocycles. The van der Waals surface area contributed by atoms with E-state index in [2.05, 4.69) is 12.0 Å². The van der Waals surface area contributed by atoms with E-state index in [0.29, 0.717) is 0 Å². The zero-order valence-corrected chi connectivity index (χ0v) is 6.40. The fraction of sp³-hybridized carbons (Fsp3) is 0.143. The highest BCUT2D eigenvalue weighted by Gasteiger charge is 2.02. The van der Waals surface area contributed by atoms with E-state index < -0.39 is 0 Å². The van der Waals surface area contributed by atoms with E-state index in [1.54, 1.807) is 17.4 Å². The second-order valence-corrected chi connectivity index (χ2v) is 2.72. The maximum atomic E-state index is 5.26. The summed E-state index contributed by atoms with van der Waals surface area (Å²) in [5, 5.41) is 4.06. The lowest BCUT2D eigenvalue weighted by Crippen LogP contribution is -2.25. The predicted octanol–water partition coefficient (Wildman–Crippen LogP) is 1.44. The fourth-order valence-electron chi connectivity index (χ4n) is 0.752. The lowest BCUT2D eigenvalue weighted by Gasteiger charge is -2.06. The highest BCUT2D eigenvalue weighted by Crippen LogP contribution is 2.15. The van der Waals surface area contributed by atoms with Crippen molar-refractivity contribution >= 4 is 11.3 Å². The van der Waals surface area contributed by atoms with Crippen LogP contribution in [0.5, 0.6) is 0 Å². The van der Waals surface area contributed by atoms with Crippen LogP contribution < -0.4 is 11.3 Å². The van der Waals surface area contributed by atoms with Crippen LogP contribution in [-0.4, -0.2) is 0 Å². The summed E-state index contributed by atoms with van der Waals surface area (Å²) in [6, 6.07) is 2.11. The van der Waals surface area contributed by atoms with E-state index in [9.17, 15) is 0 Å². The molecule has 1 aromatic heterocycles. The maximum absolute atomic E-state index is 5.26. The van der Waals surface area contributed by atoms with Gasteiger partial charge >= 0.3 is 0 Å². The molecule has 0 bridgehead atoms. The molecule has 0 saturated heterocycles. The quantitative estimate of drug-likeness (QED) is 0.393. The summed E-state index contributed by atoms with van der Waals surface area (Å²) in [5.41, 5.74) is 3.81. The average Bonchev–Trinajstić information content (AvgIpc) is 2.43.